The van der Waals surface area contributed by atoms with Gasteiger partial charge in [0.1, 0.15) is 11.4 Å². The van der Waals surface area contributed by atoms with E-state index in [1.807, 2.05) is 7.05 Å². The fourth-order valence-electron chi connectivity index (χ4n) is 2.32. The monoisotopic (exact) mass is 249 g/mol. The molecular weight excluding hydrogens is 230 g/mol. The first-order chi connectivity index (χ1) is 8.76. The number of likely N-dealkylation sites (N-methyl/N-ethyl adjacent to an activating group) is 1. The molecule has 1 aliphatic rings. The molecule has 0 saturated carbocycles. The predicted octanol–water partition coefficient (Wildman–Crippen LogP) is 1.06. The highest BCUT2D eigenvalue weighted by Gasteiger charge is 2.23. The Kier molecular flexibility index (Phi) is 4.15. The van der Waals surface area contributed by atoms with Crippen molar-refractivity contribution >= 4 is 11.8 Å². The second-order valence-electron chi connectivity index (χ2n) is 4.44. The fraction of sp³-hybridized carbons (Fsp3) is 0.538. The molecule has 1 aliphatic heterocycles. The molecule has 98 valence electrons. The number of nitrogens with one attached hydrogen (secondary N) is 1. The Bertz CT molecular complexity index is 422. The number of methoxy groups -OCH3 is 1. The normalized spacial score (nSPS) is 19.7. The Morgan fingerprint density at radius 2 is 2.44 bits per heavy atom. The van der Waals surface area contributed by atoms with Gasteiger partial charge in [-0.3, -0.25) is 0 Å². The lowest BCUT2D eigenvalue weighted by molar-refractivity contribution is 0.0601. The maximum absolute atomic E-state index is 11.7. The molecule has 5 heteroatoms. The molecule has 1 saturated heterocycles. The van der Waals surface area contributed by atoms with Crippen LogP contribution in [0.15, 0.2) is 18.3 Å². The summed E-state index contributed by atoms with van der Waals surface area (Å²) < 4.78 is 4.80. The van der Waals surface area contributed by atoms with Crippen molar-refractivity contribution in [1.29, 1.82) is 0 Å². The second-order valence-corrected chi connectivity index (χ2v) is 4.44. The zero-order valence-electron chi connectivity index (χ0n) is 10.8. The fourth-order valence-corrected chi connectivity index (χ4v) is 2.32. The van der Waals surface area contributed by atoms with Crippen molar-refractivity contribution in [2.24, 2.45) is 0 Å². The van der Waals surface area contributed by atoms with Crippen LogP contribution in [0.5, 0.6) is 0 Å². The molecule has 1 fully saturated rings. The first-order valence-electron chi connectivity index (χ1n) is 6.21. The number of anilines is 1. The minimum absolute atomic E-state index is 0.329. The van der Waals surface area contributed by atoms with E-state index in [2.05, 4.69) is 15.2 Å². The Hall–Kier alpha value is -1.62. The maximum Gasteiger partial charge on any atom is 0.341 e. The minimum Gasteiger partial charge on any atom is -0.465 e. The zero-order chi connectivity index (χ0) is 13.0. The molecule has 0 amide bonds. The van der Waals surface area contributed by atoms with Crippen LogP contribution < -0.4 is 10.2 Å². The highest BCUT2D eigenvalue weighted by atomic mass is 16.5. The van der Waals surface area contributed by atoms with Gasteiger partial charge in [-0.25, -0.2) is 9.78 Å². The lowest BCUT2D eigenvalue weighted by Crippen LogP contribution is -2.45. The van der Waals surface area contributed by atoms with Crippen LogP contribution in [0.4, 0.5) is 5.82 Å². The number of ether oxygens (including phenoxy) is 1. The van der Waals surface area contributed by atoms with Crippen molar-refractivity contribution in [2.75, 3.05) is 32.1 Å². The van der Waals surface area contributed by atoms with Gasteiger partial charge in [0.05, 0.1) is 7.11 Å². The average molecular weight is 249 g/mol. The molecule has 0 bridgehead atoms. The third kappa shape index (κ3) is 2.61. The van der Waals surface area contributed by atoms with E-state index < -0.39 is 0 Å². The maximum atomic E-state index is 11.7. The van der Waals surface area contributed by atoms with Gasteiger partial charge in [0, 0.05) is 25.3 Å². The average Bonchev–Trinajstić information content (AvgIpc) is 2.46. The quantitative estimate of drug-likeness (QED) is 0.812. The number of esters is 1. The summed E-state index contributed by atoms with van der Waals surface area (Å²) in [5.41, 5.74) is 0.539. The van der Waals surface area contributed by atoms with E-state index in [9.17, 15) is 4.79 Å². The van der Waals surface area contributed by atoms with Crippen LogP contribution in [0.2, 0.25) is 0 Å². The molecule has 1 aromatic heterocycles. The molecule has 0 spiro atoms. The number of carbonyl (C=O) groups is 1. The number of hydrogen-bond acceptors (Lipinski definition) is 5. The van der Waals surface area contributed by atoms with Gasteiger partial charge in [0.2, 0.25) is 0 Å². The molecule has 0 aliphatic carbocycles. The van der Waals surface area contributed by atoms with Gasteiger partial charge in [0.15, 0.2) is 0 Å². The molecular formula is C13H19N3O2. The molecule has 1 aromatic rings. The van der Waals surface area contributed by atoms with Gasteiger partial charge >= 0.3 is 5.97 Å². The summed E-state index contributed by atoms with van der Waals surface area (Å²) in [5, 5.41) is 3.28. The number of nitrogens with zero attached hydrogens (tertiary/aromatic N) is 2. The molecule has 0 radical (unpaired) electrons. The van der Waals surface area contributed by atoms with Gasteiger partial charge in [-0.05, 0) is 32.0 Å². The number of carbonyl (C=O) groups excluding carboxylic acids is 1. The molecule has 18 heavy (non-hydrogen) atoms. The van der Waals surface area contributed by atoms with Crippen LogP contribution in [-0.4, -0.2) is 44.2 Å². The summed E-state index contributed by atoms with van der Waals surface area (Å²) in [4.78, 5) is 18.2. The van der Waals surface area contributed by atoms with Crippen LogP contribution >= 0.6 is 0 Å². The van der Waals surface area contributed by atoms with E-state index in [4.69, 9.17) is 4.74 Å². The van der Waals surface area contributed by atoms with E-state index in [1.54, 1.807) is 18.3 Å². The van der Waals surface area contributed by atoms with Gasteiger partial charge in [-0.15, -0.1) is 0 Å². The van der Waals surface area contributed by atoms with Crippen molar-refractivity contribution in [1.82, 2.24) is 10.3 Å². The van der Waals surface area contributed by atoms with Crippen molar-refractivity contribution in [3.63, 3.8) is 0 Å². The van der Waals surface area contributed by atoms with Gasteiger partial charge in [-0.1, -0.05) is 0 Å². The zero-order valence-corrected chi connectivity index (χ0v) is 10.8. The summed E-state index contributed by atoms with van der Waals surface area (Å²) in [6.45, 7) is 1.80. The van der Waals surface area contributed by atoms with E-state index in [1.165, 1.54) is 7.11 Å². The molecule has 5 nitrogen and oxygen atoms in total. The lowest BCUT2D eigenvalue weighted by atomic mass is 10.1. The number of pyridine rings is 1. The Balaban J connectivity index is 2.24. The largest absolute Gasteiger partial charge is 0.465 e. The van der Waals surface area contributed by atoms with E-state index in [0.29, 0.717) is 11.6 Å². The van der Waals surface area contributed by atoms with Crippen molar-refractivity contribution in [3.8, 4) is 0 Å². The van der Waals surface area contributed by atoms with Crippen molar-refractivity contribution < 1.29 is 9.53 Å². The molecule has 2 rings (SSSR count). The molecule has 1 unspecified atom stereocenters. The highest BCUT2D eigenvalue weighted by molar-refractivity contribution is 5.94. The first kappa shape index (κ1) is 12.8. The van der Waals surface area contributed by atoms with Crippen LogP contribution in [-0.2, 0) is 4.74 Å². The Morgan fingerprint density at radius 1 is 1.61 bits per heavy atom. The Labute approximate surface area is 107 Å². The van der Waals surface area contributed by atoms with Crippen molar-refractivity contribution in [2.45, 2.75) is 18.9 Å². The highest BCUT2D eigenvalue weighted by Crippen LogP contribution is 2.22. The van der Waals surface area contributed by atoms with Gasteiger partial charge < -0.3 is 15.0 Å². The number of hydrogen-bond donors (Lipinski definition) is 1. The molecule has 2 heterocycles. The predicted molar refractivity (Wildman–Crippen MR) is 69.9 cm³/mol. The third-order valence-electron chi connectivity index (χ3n) is 3.32. The van der Waals surface area contributed by atoms with E-state index in [0.717, 1.165) is 31.7 Å². The summed E-state index contributed by atoms with van der Waals surface area (Å²) in [6, 6.07) is 3.97. The molecule has 1 N–H and O–H groups in total. The van der Waals surface area contributed by atoms with E-state index >= 15 is 0 Å². The summed E-state index contributed by atoms with van der Waals surface area (Å²) >= 11 is 0. The summed E-state index contributed by atoms with van der Waals surface area (Å²) in [5.74, 6) is 0.397. The van der Waals surface area contributed by atoms with Gasteiger partial charge in [0.25, 0.3) is 0 Å². The SMILES string of the molecule is CNC1CCCN(c2ncccc2C(=O)OC)C1. The lowest BCUT2D eigenvalue weighted by Gasteiger charge is -2.34. The van der Waals surface area contributed by atoms with Crippen LogP contribution in [0.1, 0.15) is 23.2 Å². The molecule has 1 atom stereocenters. The van der Waals surface area contributed by atoms with Crippen molar-refractivity contribution in [3.05, 3.63) is 23.9 Å². The standard InChI is InChI=1S/C13H19N3O2/c1-14-10-5-4-8-16(9-10)12-11(13(17)18-2)6-3-7-15-12/h3,6-7,10,14H,4-5,8-9H2,1-2H3. The Morgan fingerprint density at radius 3 is 3.17 bits per heavy atom. The summed E-state index contributed by atoms with van der Waals surface area (Å²) in [7, 11) is 3.36. The number of piperidine rings is 1. The first-order valence-corrected chi connectivity index (χ1v) is 6.21. The second kappa shape index (κ2) is 5.82. The number of aromatic nitrogens is 1. The third-order valence-corrected chi connectivity index (χ3v) is 3.32. The topological polar surface area (TPSA) is 54.5 Å². The number of rotatable bonds is 3. The minimum atomic E-state index is -0.329. The van der Waals surface area contributed by atoms with Crippen LogP contribution in [0, 0.1) is 0 Å². The smallest absolute Gasteiger partial charge is 0.341 e. The summed E-state index contributed by atoms with van der Waals surface area (Å²) in [6.07, 6.45) is 3.97. The van der Waals surface area contributed by atoms with Crippen LogP contribution in [0.3, 0.4) is 0 Å². The van der Waals surface area contributed by atoms with Crippen LogP contribution in [0.25, 0.3) is 0 Å². The molecule has 0 aromatic carbocycles. The van der Waals surface area contributed by atoms with Gasteiger partial charge in [-0.2, -0.15) is 0 Å². The van der Waals surface area contributed by atoms with E-state index in [-0.39, 0.29) is 5.97 Å².